The Morgan fingerprint density at radius 1 is 1.29 bits per heavy atom. The van der Waals surface area contributed by atoms with E-state index < -0.39 is 5.97 Å². The molecule has 0 atom stereocenters. The quantitative estimate of drug-likeness (QED) is 0.448. The van der Waals surface area contributed by atoms with E-state index in [4.69, 9.17) is 9.47 Å². The topological polar surface area (TPSA) is 54.0 Å². The third-order valence-electron chi connectivity index (χ3n) is 1.79. The first-order valence-electron chi connectivity index (χ1n) is 4.90. The van der Waals surface area contributed by atoms with Crippen molar-refractivity contribution >= 4 is 5.97 Å². The molecule has 1 aliphatic heterocycles. The highest BCUT2D eigenvalue weighted by molar-refractivity contribution is 5.86. The van der Waals surface area contributed by atoms with Gasteiger partial charge in [-0.25, -0.2) is 4.79 Å². The molecule has 0 aliphatic carbocycles. The summed E-state index contributed by atoms with van der Waals surface area (Å²) >= 11 is 0. The van der Waals surface area contributed by atoms with Crippen LogP contribution in [0.25, 0.3) is 0 Å². The minimum absolute atomic E-state index is 0.326. The van der Waals surface area contributed by atoms with E-state index in [1.54, 1.807) is 6.92 Å². The Kier molecular flexibility index (Phi) is 5.03. The summed E-state index contributed by atoms with van der Waals surface area (Å²) in [6.45, 7) is 5.22. The highest BCUT2D eigenvalue weighted by Crippen LogP contribution is 2.30. The summed E-state index contributed by atoms with van der Waals surface area (Å²) in [6, 6.07) is 7.63. The summed E-state index contributed by atoms with van der Waals surface area (Å²) in [5, 5.41) is 0. The number of benzene rings is 1. The highest BCUT2D eigenvalue weighted by atomic mass is 17.2. The maximum atomic E-state index is 10.3. The molecule has 2 rings (SSSR count). The minimum Gasteiger partial charge on any atom is -0.454 e. The summed E-state index contributed by atoms with van der Waals surface area (Å²) in [4.78, 5) is 18.4. The van der Waals surface area contributed by atoms with Gasteiger partial charge in [0.2, 0.25) is 6.79 Å². The zero-order valence-electron chi connectivity index (χ0n) is 9.76. The lowest BCUT2D eigenvalue weighted by Gasteiger charge is -1.94. The van der Waals surface area contributed by atoms with Crippen LogP contribution in [-0.2, 0) is 14.6 Å². The number of rotatable bonds is 2. The number of hydrogen-bond acceptors (Lipinski definition) is 5. The Morgan fingerprint density at radius 2 is 1.82 bits per heavy atom. The van der Waals surface area contributed by atoms with Crippen LogP contribution in [0.2, 0.25) is 0 Å². The standard InChI is InChI=1S/C7H6O2.C5H8O3/c1-2-4-7-6(3-1)8-5-9-7;1-4(2)5(6)8-7-3/h1-4H,5H2;1H2,2-3H3. The molecular weight excluding hydrogens is 224 g/mol. The molecule has 1 aromatic carbocycles. The largest absolute Gasteiger partial charge is 0.454 e. The number of carbonyl (C=O) groups excluding carboxylic acids is 1. The lowest BCUT2D eigenvalue weighted by molar-refractivity contribution is -0.250. The van der Waals surface area contributed by atoms with Crippen LogP contribution in [0, 0.1) is 0 Å². The van der Waals surface area contributed by atoms with Crippen LogP contribution in [-0.4, -0.2) is 19.9 Å². The van der Waals surface area contributed by atoms with Crippen LogP contribution >= 0.6 is 0 Å². The lowest BCUT2D eigenvalue weighted by Crippen LogP contribution is -2.02. The van der Waals surface area contributed by atoms with Crippen LogP contribution in [0.15, 0.2) is 36.4 Å². The monoisotopic (exact) mass is 238 g/mol. The first kappa shape index (κ1) is 13.1. The van der Waals surface area contributed by atoms with Crippen LogP contribution in [0.3, 0.4) is 0 Å². The van der Waals surface area contributed by atoms with Crippen molar-refractivity contribution in [1.29, 1.82) is 0 Å². The number of para-hydroxylation sites is 2. The first-order valence-corrected chi connectivity index (χ1v) is 4.90. The van der Waals surface area contributed by atoms with Gasteiger partial charge in [0.15, 0.2) is 11.5 Å². The highest BCUT2D eigenvalue weighted by Gasteiger charge is 2.09. The summed E-state index contributed by atoms with van der Waals surface area (Å²) in [5.41, 5.74) is 0.326. The second-order valence-electron chi connectivity index (χ2n) is 3.17. The second kappa shape index (κ2) is 6.55. The maximum absolute atomic E-state index is 10.3. The Labute approximate surface area is 99.5 Å². The molecular formula is C12H14O5. The Balaban J connectivity index is 0.000000172. The molecule has 0 saturated carbocycles. The van der Waals surface area contributed by atoms with E-state index in [2.05, 4.69) is 16.4 Å². The molecule has 5 heteroatoms. The fourth-order valence-corrected chi connectivity index (χ4v) is 0.992. The van der Waals surface area contributed by atoms with Gasteiger partial charge in [0, 0.05) is 5.57 Å². The molecule has 1 heterocycles. The van der Waals surface area contributed by atoms with Crippen molar-refractivity contribution in [3.63, 3.8) is 0 Å². The fourth-order valence-electron chi connectivity index (χ4n) is 0.992. The average molecular weight is 238 g/mol. The smallest absolute Gasteiger partial charge is 0.368 e. The molecule has 0 radical (unpaired) electrons. The second-order valence-corrected chi connectivity index (χ2v) is 3.17. The zero-order chi connectivity index (χ0) is 12.7. The van der Waals surface area contributed by atoms with Crippen LogP contribution in [0.4, 0.5) is 0 Å². The van der Waals surface area contributed by atoms with Gasteiger partial charge in [-0.05, 0) is 19.1 Å². The molecule has 1 aromatic rings. The van der Waals surface area contributed by atoms with E-state index in [-0.39, 0.29) is 0 Å². The van der Waals surface area contributed by atoms with E-state index in [1.165, 1.54) is 7.11 Å². The van der Waals surface area contributed by atoms with Crippen molar-refractivity contribution in [3.8, 4) is 11.5 Å². The van der Waals surface area contributed by atoms with Crippen LogP contribution in [0.1, 0.15) is 6.92 Å². The van der Waals surface area contributed by atoms with Crippen molar-refractivity contribution in [3.05, 3.63) is 36.4 Å². The van der Waals surface area contributed by atoms with Gasteiger partial charge in [-0.3, -0.25) is 4.89 Å². The van der Waals surface area contributed by atoms with Gasteiger partial charge >= 0.3 is 5.97 Å². The number of carbonyl (C=O) groups is 1. The van der Waals surface area contributed by atoms with Gasteiger partial charge in [-0.2, -0.15) is 4.89 Å². The van der Waals surface area contributed by atoms with Gasteiger partial charge in [0.25, 0.3) is 0 Å². The molecule has 1 aliphatic rings. The van der Waals surface area contributed by atoms with Crippen molar-refractivity contribution in [2.75, 3.05) is 13.9 Å². The Morgan fingerprint density at radius 3 is 2.18 bits per heavy atom. The van der Waals surface area contributed by atoms with Gasteiger partial charge in [-0.15, -0.1) is 0 Å². The van der Waals surface area contributed by atoms with Crippen molar-refractivity contribution in [2.24, 2.45) is 0 Å². The summed E-state index contributed by atoms with van der Waals surface area (Å²) in [5.74, 6) is 1.16. The lowest BCUT2D eigenvalue weighted by atomic mass is 10.3. The van der Waals surface area contributed by atoms with E-state index in [0.717, 1.165) is 11.5 Å². The molecule has 17 heavy (non-hydrogen) atoms. The van der Waals surface area contributed by atoms with Gasteiger partial charge in [0.1, 0.15) is 0 Å². The zero-order valence-corrected chi connectivity index (χ0v) is 9.76. The Hall–Kier alpha value is -2.01. The molecule has 0 amide bonds. The summed E-state index contributed by atoms with van der Waals surface area (Å²) in [7, 11) is 1.26. The predicted molar refractivity (Wildman–Crippen MR) is 60.5 cm³/mol. The maximum Gasteiger partial charge on any atom is 0.368 e. The molecule has 0 spiro atoms. The Bertz CT molecular complexity index is 377. The number of fused-ring (bicyclic) bond motifs is 1. The third-order valence-corrected chi connectivity index (χ3v) is 1.79. The number of hydrogen-bond donors (Lipinski definition) is 0. The van der Waals surface area contributed by atoms with E-state index >= 15 is 0 Å². The molecule has 0 unspecified atom stereocenters. The molecule has 0 aromatic heterocycles. The molecule has 0 saturated heterocycles. The van der Waals surface area contributed by atoms with E-state index in [9.17, 15) is 4.79 Å². The summed E-state index contributed by atoms with van der Waals surface area (Å²) in [6.07, 6.45) is 0. The van der Waals surface area contributed by atoms with E-state index in [0.29, 0.717) is 12.4 Å². The van der Waals surface area contributed by atoms with Gasteiger partial charge in [0.05, 0.1) is 7.11 Å². The molecule has 0 bridgehead atoms. The minimum atomic E-state index is -0.535. The van der Waals surface area contributed by atoms with Crippen LogP contribution in [0.5, 0.6) is 11.5 Å². The van der Waals surface area contributed by atoms with Crippen molar-refractivity contribution in [1.82, 2.24) is 0 Å². The van der Waals surface area contributed by atoms with Gasteiger partial charge < -0.3 is 9.47 Å². The first-order chi connectivity index (χ1) is 8.15. The molecule has 5 nitrogen and oxygen atoms in total. The van der Waals surface area contributed by atoms with Crippen molar-refractivity contribution in [2.45, 2.75) is 6.92 Å². The van der Waals surface area contributed by atoms with E-state index in [1.807, 2.05) is 24.3 Å². The van der Waals surface area contributed by atoms with Gasteiger partial charge in [-0.1, -0.05) is 18.7 Å². The average Bonchev–Trinajstić information content (AvgIpc) is 2.78. The normalized spacial score (nSPS) is 11.2. The fraction of sp³-hybridized carbons (Fsp3) is 0.250. The number of ether oxygens (including phenoxy) is 2. The van der Waals surface area contributed by atoms with Crippen LogP contribution < -0.4 is 9.47 Å². The molecule has 0 N–H and O–H groups in total. The third kappa shape index (κ3) is 4.16. The SMILES string of the molecule is C=C(C)C(=O)OOC.c1ccc2c(c1)OCO2. The van der Waals surface area contributed by atoms with Crippen molar-refractivity contribution < 1.29 is 24.0 Å². The summed E-state index contributed by atoms with van der Waals surface area (Å²) < 4.78 is 10.2. The molecule has 92 valence electrons. The molecule has 0 fully saturated rings. The predicted octanol–water partition coefficient (Wildman–Crippen LogP) is 2.08.